The minimum absolute atomic E-state index is 0.00805. The number of benzene rings is 1. The van der Waals surface area contributed by atoms with Crippen LogP contribution in [0.5, 0.6) is 0 Å². The third kappa shape index (κ3) is 4.79. The van der Waals surface area contributed by atoms with E-state index in [1.807, 2.05) is 4.90 Å². The van der Waals surface area contributed by atoms with Crippen molar-refractivity contribution in [2.45, 2.75) is 12.8 Å². The van der Waals surface area contributed by atoms with Gasteiger partial charge in [0.1, 0.15) is 5.82 Å². The van der Waals surface area contributed by atoms with Crippen molar-refractivity contribution < 1.29 is 13.9 Å². The van der Waals surface area contributed by atoms with Crippen LogP contribution in [-0.4, -0.2) is 62.1 Å². The number of carbonyl (C=O) groups is 1. The molecule has 116 valence electrons. The van der Waals surface area contributed by atoms with Gasteiger partial charge in [0.2, 0.25) is 5.91 Å². The van der Waals surface area contributed by atoms with Gasteiger partial charge in [0.25, 0.3) is 0 Å². The van der Waals surface area contributed by atoms with Crippen LogP contribution in [0.4, 0.5) is 4.39 Å². The lowest BCUT2D eigenvalue weighted by Gasteiger charge is -2.22. The molecule has 0 bridgehead atoms. The Bertz CT molecular complexity index is 467. The zero-order valence-electron chi connectivity index (χ0n) is 12.6. The fourth-order valence-electron chi connectivity index (χ4n) is 2.58. The average Bonchev–Trinajstić information content (AvgIpc) is 2.73. The summed E-state index contributed by atoms with van der Waals surface area (Å²) in [5, 5.41) is 0. The molecule has 0 N–H and O–H groups in total. The predicted octanol–water partition coefficient (Wildman–Crippen LogP) is 1.55. The van der Waals surface area contributed by atoms with Gasteiger partial charge in [0.05, 0.1) is 13.0 Å². The molecule has 4 nitrogen and oxygen atoms in total. The van der Waals surface area contributed by atoms with Gasteiger partial charge >= 0.3 is 0 Å². The Kier molecular flexibility index (Phi) is 6.14. The second kappa shape index (κ2) is 8.10. The van der Waals surface area contributed by atoms with Crippen molar-refractivity contribution in [1.82, 2.24) is 9.80 Å². The maximum atomic E-state index is 13.6. The molecule has 0 radical (unpaired) electrons. The second-order valence-electron chi connectivity index (χ2n) is 5.34. The number of halogens is 1. The summed E-state index contributed by atoms with van der Waals surface area (Å²) in [6, 6.07) is 6.48. The summed E-state index contributed by atoms with van der Waals surface area (Å²) in [5.74, 6) is -0.295. The molecule has 21 heavy (non-hydrogen) atoms. The normalized spacial score (nSPS) is 16.8. The molecule has 1 aromatic carbocycles. The molecular formula is C16H23FN2O2. The van der Waals surface area contributed by atoms with Crippen LogP contribution >= 0.6 is 0 Å². The number of hydrogen-bond donors (Lipinski definition) is 0. The van der Waals surface area contributed by atoms with Crippen LogP contribution in [0.15, 0.2) is 24.3 Å². The molecule has 0 saturated carbocycles. The molecule has 1 aliphatic rings. The zero-order chi connectivity index (χ0) is 15.1. The molecule has 5 heteroatoms. The summed E-state index contributed by atoms with van der Waals surface area (Å²) < 4.78 is 18.7. The third-order valence-electron chi connectivity index (χ3n) is 3.85. The molecule has 2 rings (SSSR count). The van der Waals surface area contributed by atoms with E-state index in [1.54, 1.807) is 25.3 Å². The maximum Gasteiger partial charge on any atom is 0.227 e. The Morgan fingerprint density at radius 3 is 2.81 bits per heavy atom. The van der Waals surface area contributed by atoms with Gasteiger partial charge in [0.15, 0.2) is 0 Å². The summed E-state index contributed by atoms with van der Waals surface area (Å²) in [7, 11) is 1.70. The lowest BCUT2D eigenvalue weighted by atomic mass is 10.1. The third-order valence-corrected chi connectivity index (χ3v) is 3.85. The van der Waals surface area contributed by atoms with E-state index in [0.29, 0.717) is 18.7 Å². The molecule has 1 aromatic rings. The SMILES string of the molecule is COCCN1CCCN(C(=O)Cc2ccccc2F)CC1. The van der Waals surface area contributed by atoms with Crippen LogP contribution in [0.25, 0.3) is 0 Å². The molecule has 1 fully saturated rings. The number of ether oxygens (including phenoxy) is 1. The number of hydrogen-bond acceptors (Lipinski definition) is 3. The highest BCUT2D eigenvalue weighted by Gasteiger charge is 2.19. The second-order valence-corrected chi connectivity index (χ2v) is 5.34. The predicted molar refractivity (Wildman–Crippen MR) is 79.6 cm³/mol. The lowest BCUT2D eigenvalue weighted by molar-refractivity contribution is -0.130. The highest BCUT2D eigenvalue weighted by Crippen LogP contribution is 2.10. The lowest BCUT2D eigenvalue weighted by Crippen LogP contribution is -2.36. The number of carbonyl (C=O) groups excluding carboxylic acids is 1. The van der Waals surface area contributed by atoms with Crippen molar-refractivity contribution in [1.29, 1.82) is 0 Å². The van der Waals surface area contributed by atoms with Crippen molar-refractivity contribution >= 4 is 5.91 Å². The molecule has 1 heterocycles. The van der Waals surface area contributed by atoms with Gasteiger partial charge in [-0.25, -0.2) is 4.39 Å². The first-order valence-electron chi connectivity index (χ1n) is 7.43. The van der Waals surface area contributed by atoms with Crippen LogP contribution in [0.3, 0.4) is 0 Å². The van der Waals surface area contributed by atoms with Gasteiger partial charge in [-0.15, -0.1) is 0 Å². The average molecular weight is 294 g/mol. The van der Waals surface area contributed by atoms with Gasteiger partial charge in [-0.1, -0.05) is 18.2 Å². The summed E-state index contributed by atoms with van der Waals surface area (Å²) in [5.41, 5.74) is 0.475. The standard InChI is InChI=1S/C16H23FN2O2/c1-21-12-11-18-7-4-8-19(10-9-18)16(20)13-14-5-2-3-6-15(14)17/h2-3,5-6H,4,7-13H2,1H3. The highest BCUT2D eigenvalue weighted by atomic mass is 19.1. The zero-order valence-corrected chi connectivity index (χ0v) is 12.6. The minimum Gasteiger partial charge on any atom is -0.383 e. The van der Waals surface area contributed by atoms with E-state index in [1.165, 1.54) is 6.07 Å². The smallest absolute Gasteiger partial charge is 0.227 e. The number of rotatable bonds is 5. The Hall–Kier alpha value is -1.46. The first kappa shape index (κ1) is 15.9. The summed E-state index contributed by atoms with van der Waals surface area (Å²) >= 11 is 0. The van der Waals surface area contributed by atoms with Gasteiger partial charge in [-0.3, -0.25) is 9.69 Å². The highest BCUT2D eigenvalue weighted by molar-refractivity contribution is 5.78. The van der Waals surface area contributed by atoms with E-state index in [9.17, 15) is 9.18 Å². The van der Waals surface area contributed by atoms with Crippen molar-refractivity contribution in [2.75, 3.05) is 46.4 Å². The van der Waals surface area contributed by atoms with Gasteiger partial charge < -0.3 is 9.64 Å². The van der Waals surface area contributed by atoms with Crippen LogP contribution in [0.1, 0.15) is 12.0 Å². The van der Waals surface area contributed by atoms with Gasteiger partial charge in [0, 0.05) is 33.3 Å². The van der Waals surface area contributed by atoms with Crippen LogP contribution < -0.4 is 0 Å². The van der Waals surface area contributed by atoms with E-state index in [2.05, 4.69) is 4.90 Å². The fraction of sp³-hybridized carbons (Fsp3) is 0.562. The Labute approximate surface area is 125 Å². The Morgan fingerprint density at radius 2 is 2.05 bits per heavy atom. The van der Waals surface area contributed by atoms with Crippen LogP contribution in [0, 0.1) is 5.82 Å². The molecule has 1 aliphatic heterocycles. The molecule has 0 aliphatic carbocycles. The summed E-state index contributed by atoms with van der Waals surface area (Å²) in [4.78, 5) is 16.5. The first-order chi connectivity index (χ1) is 10.2. The molecule has 1 amide bonds. The van der Waals surface area contributed by atoms with Gasteiger partial charge in [-0.2, -0.15) is 0 Å². The molecular weight excluding hydrogens is 271 g/mol. The monoisotopic (exact) mass is 294 g/mol. The summed E-state index contributed by atoms with van der Waals surface area (Å²) in [6.45, 7) is 4.89. The van der Waals surface area contributed by atoms with E-state index in [-0.39, 0.29) is 18.1 Å². The van der Waals surface area contributed by atoms with E-state index in [4.69, 9.17) is 4.74 Å². The maximum absolute atomic E-state index is 13.6. The molecule has 0 spiro atoms. The fourth-order valence-corrected chi connectivity index (χ4v) is 2.58. The van der Waals surface area contributed by atoms with Crippen molar-refractivity contribution in [3.63, 3.8) is 0 Å². The van der Waals surface area contributed by atoms with E-state index < -0.39 is 0 Å². The molecule has 0 aromatic heterocycles. The van der Waals surface area contributed by atoms with Gasteiger partial charge in [-0.05, 0) is 24.6 Å². The van der Waals surface area contributed by atoms with Crippen molar-refractivity contribution in [3.05, 3.63) is 35.6 Å². The largest absolute Gasteiger partial charge is 0.383 e. The van der Waals surface area contributed by atoms with Crippen LogP contribution in [0.2, 0.25) is 0 Å². The quantitative estimate of drug-likeness (QED) is 0.826. The first-order valence-corrected chi connectivity index (χ1v) is 7.43. The Balaban J connectivity index is 1.87. The topological polar surface area (TPSA) is 32.8 Å². The van der Waals surface area contributed by atoms with E-state index in [0.717, 1.165) is 32.6 Å². The molecule has 1 saturated heterocycles. The number of nitrogens with zero attached hydrogens (tertiary/aromatic N) is 2. The van der Waals surface area contributed by atoms with Crippen LogP contribution in [-0.2, 0) is 16.0 Å². The number of methoxy groups -OCH3 is 1. The summed E-state index contributed by atoms with van der Waals surface area (Å²) in [6.07, 6.45) is 1.09. The Morgan fingerprint density at radius 1 is 1.24 bits per heavy atom. The minimum atomic E-state index is -0.303. The number of amides is 1. The molecule has 0 atom stereocenters. The van der Waals surface area contributed by atoms with Crippen molar-refractivity contribution in [2.24, 2.45) is 0 Å². The van der Waals surface area contributed by atoms with E-state index >= 15 is 0 Å². The van der Waals surface area contributed by atoms with Crippen molar-refractivity contribution in [3.8, 4) is 0 Å². The molecule has 0 unspecified atom stereocenters.